The van der Waals surface area contributed by atoms with E-state index in [9.17, 15) is 0 Å². The zero-order chi connectivity index (χ0) is 13.7. The number of thiophene rings is 1. The Labute approximate surface area is 126 Å². The molecule has 0 fully saturated rings. The van der Waals surface area contributed by atoms with Crippen LogP contribution in [0.4, 0.5) is 0 Å². The maximum Gasteiger partial charge on any atom is 0.119 e. The van der Waals surface area contributed by atoms with Crippen molar-refractivity contribution in [2.24, 2.45) is 0 Å². The molecule has 19 heavy (non-hydrogen) atoms. The van der Waals surface area contributed by atoms with E-state index in [0.29, 0.717) is 0 Å². The van der Waals surface area contributed by atoms with E-state index < -0.39 is 0 Å². The first-order valence-electron chi connectivity index (χ1n) is 6.40. The first kappa shape index (κ1) is 14.6. The van der Waals surface area contributed by atoms with Gasteiger partial charge in [0.15, 0.2) is 0 Å². The van der Waals surface area contributed by atoms with Crippen LogP contribution in [0.1, 0.15) is 29.8 Å². The number of hydrogen-bond acceptors (Lipinski definition) is 3. The number of rotatable bonds is 6. The molecule has 0 bridgehead atoms. The molecule has 0 saturated carbocycles. The van der Waals surface area contributed by atoms with Gasteiger partial charge >= 0.3 is 0 Å². The van der Waals surface area contributed by atoms with Crippen molar-refractivity contribution in [3.63, 3.8) is 0 Å². The molecule has 0 amide bonds. The van der Waals surface area contributed by atoms with Gasteiger partial charge in [-0.15, -0.1) is 11.3 Å². The first-order chi connectivity index (χ1) is 9.24. The number of nitrogens with one attached hydrogen (secondary N) is 1. The smallest absolute Gasteiger partial charge is 0.119 e. The van der Waals surface area contributed by atoms with E-state index in [0.717, 1.165) is 22.6 Å². The van der Waals surface area contributed by atoms with Crippen molar-refractivity contribution < 1.29 is 4.74 Å². The fraction of sp³-hybridized carbons (Fsp3) is 0.333. The molecule has 2 aromatic rings. The first-order valence-corrected chi connectivity index (χ1v) is 8.00. The van der Waals surface area contributed by atoms with Crippen LogP contribution in [0.3, 0.4) is 0 Å². The Morgan fingerprint density at radius 1 is 1.21 bits per heavy atom. The number of halogens is 1. The summed E-state index contributed by atoms with van der Waals surface area (Å²) >= 11 is 5.27. The lowest BCUT2D eigenvalue weighted by Gasteiger charge is -2.15. The quantitative estimate of drug-likeness (QED) is 0.829. The van der Waals surface area contributed by atoms with Crippen LogP contribution in [0.2, 0.25) is 0 Å². The average molecular weight is 340 g/mol. The minimum atomic E-state index is 0.233. The van der Waals surface area contributed by atoms with Gasteiger partial charge in [-0.3, -0.25) is 0 Å². The molecule has 102 valence electrons. The molecule has 1 unspecified atom stereocenters. The number of benzene rings is 1. The van der Waals surface area contributed by atoms with Crippen LogP contribution in [-0.2, 0) is 0 Å². The average Bonchev–Trinajstić information content (AvgIpc) is 2.85. The summed E-state index contributed by atoms with van der Waals surface area (Å²) in [6.45, 7) is 2.88. The van der Waals surface area contributed by atoms with Gasteiger partial charge in [-0.05, 0) is 59.2 Å². The highest BCUT2D eigenvalue weighted by Gasteiger charge is 2.13. The molecule has 1 heterocycles. The number of ether oxygens (including phenoxy) is 1. The Balaban J connectivity index is 2.15. The van der Waals surface area contributed by atoms with E-state index in [1.54, 1.807) is 11.3 Å². The molecule has 1 N–H and O–H groups in total. The van der Waals surface area contributed by atoms with E-state index in [1.807, 2.05) is 19.2 Å². The van der Waals surface area contributed by atoms with Crippen LogP contribution in [0.25, 0.3) is 0 Å². The van der Waals surface area contributed by atoms with Crippen LogP contribution < -0.4 is 10.1 Å². The van der Waals surface area contributed by atoms with Crippen molar-refractivity contribution in [1.29, 1.82) is 0 Å². The molecule has 0 spiro atoms. The zero-order valence-electron chi connectivity index (χ0n) is 11.2. The van der Waals surface area contributed by atoms with Gasteiger partial charge in [0.25, 0.3) is 0 Å². The van der Waals surface area contributed by atoms with Crippen molar-refractivity contribution in [2.75, 3.05) is 13.7 Å². The summed E-state index contributed by atoms with van der Waals surface area (Å²) in [4.78, 5) is 1.30. The highest BCUT2D eigenvalue weighted by atomic mass is 79.9. The maximum absolute atomic E-state index is 5.61. The van der Waals surface area contributed by atoms with E-state index in [2.05, 4.69) is 52.4 Å². The monoisotopic (exact) mass is 339 g/mol. The Hall–Kier alpha value is -0.840. The summed E-state index contributed by atoms with van der Waals surface area (Å²) < 4.78 is 6.77. The molecule has 2 rings (SSSR count). The van der Waals surface area contributed by atoms with E-state index in [1.165, 1.54) is 10.4 Å². The van der Waals surface area contributed by atoms with Gasteiger partial charge in [-0.1, -0.05) is 19.1 Å². The Morgan fingerprint density at radius 2 is 1.95 bits per heavy atom. The van der Waals surface area contributed by atoms with Gasteiger partial charge in [0.05, 0.1) is 16.4 Å². The van der Waals surface area contributed by atoms with Gasteiger partial charge in [0.2, 0.25) is 0 Å². The minimum Gasteiger partial charge on any atom is -0.494 e. The lowest BCUT2D eigenvalue weighted by Crippen LogP contribution is -2.16. The minimum absolute atomic E-state index is 0.233. The van der Waals surface area contributed by atoms with E-state index in [-0.39, 0.29) is 6.04 Å². The summed E-state index contributed by atoms with van der Waals surface area (Å²) in [6.07, 6.45) is 1.03. The van der Waals surface area contributed by atoms with Crippen LogP contribution in [0.15, 0.2) is 40.2 Å². The lowest BCUT2D eigenvalue weighted by molar-refractivity contribution is 0.317. The van der Waals surface area contributed by atoms with Crippen LogP contribution in [-0.4, -0.2) is 13.7 Å². The van der Waals surface area contributed by atoms with Gasteiger partial charge in [-0.2, -0.15) is 0 Å². The molecule has 0 radical (unpaired) electrons. The Bertz CT molecular complexity index is 509. The third kappa shape index (κ3) is 3.81. The Morgan fingerprint density at radius 3 is 2.47 bits per heavy atom. The molecule has 4 heteroatoms. The van der Waals surface area contributed by atoms with Gasteiger partial charge in [0.1, 0.15) is 5.75 Å². The molecule has 1 aromatic heterocycles. The molecule has 0 saturated heterocycles. The predicted molar refractivity (Wildman–Crippen MR) is 85.1 cm³/mol. The summed E-state index contributed by atoms with van der Waals surface area (Å²) in [5.41, 5.74) is 1.25. The molecule has 0 aliphatic heterocycles. The largest absolute Gasteiger partial charge is 0.494 e. The standard InChI is InChI=1S/C15H18BrNOS/c1-3-10-18-12-6-4-11(5-7-12)15(17-2)13-8-9-14(16)19-13/h4-9,15,17H,3,10H2,1-2H3. The van der Waals surface area contributed by atoms with Gasteiger partial charge in [0, 0.05) is 4.88 Å². The fourth-order valence-corrected chi connectivity index (χ4v) is 3.50. The second-order valence-corrected chi connectivity index (χ2v) is 6.78. The highest BCUT2D eigenvalue weighted by molar-refractivity contribution is 9.11. The molecular weight excluding hydrogens is 322 g/mol. The van der Waals surface area contributed by atoms with Gasteiger partial charge < -0.3 is 10.1 Å². The van der Waals surface area contributed by atoms with E-state index >= 15 is 0 Å². The van der Waals surface area contributed by atoms with Crippen LogP contribution in [0, 0.1) is 0 Å². The maximum atomic E-state index is 5.61. The second-order valence-electron chi connectivity index (χ2n) is 4.28. The molecule has 0 aliphatic rings. The highest BCUT2D eigenvalue weighted by Crippen LogP contribution is 2.31. The fourth-order valence-electron chi connectivity index (χ4n) is 1.93. The van der Waals surface area contributed by atoms with Crippen molar-refractivity contribution in [3.05, 3.63) is 50.6 Å². The molecule has 1 atom stereocenters. The van der Waals surface area contributed by atoms with Crippen molar-refractivity contribution in [3.8, 4) is 5.75 Å². The second kappa shape index (κ2) is 7.08. The molecule has 2 nitrogen and oxygen atoms in total. The molecular formula is C15H18BrNOS. The summed E-state index contributed by atoms with van der Waals surface area (Å²) in [5.74, 6) is 0.938. The summed E-state index contributed by atoms with van der Waals surface area (Å²) in [5, 5.41) is 3.36. The molecule has 0 aliphatic carbocycles. The van der Waals surface area contributed by atoms with Crippen molar-refractivity contribution >= 4 is 27.3 Å². The topological polar surface area (TPSA) is 21.3 Å². The van der Waals surface area contributed by atoms with Crippen LogP contribution >= 0.6 is 27.3 Å². The van der Waals surface area contributed by atoms with Gasteiger partial charge in [-0.25, -0.2) is 0 Å². The van der Waals surface area contributed by atoms with Crippen molar-refractivity contribution in [2.45, 2.75) is 19.4 Å². The SMILES string of the molecule is CCCOc1ccc(C(NC)c2ccc(Br)s2)cc1. The molecule has 1 aromatic carbocycles. The zero-order valence-corrected chi connectivity index (χ0v) is 13.6. The Kier molecular flexibility index (Phi) is 5.43. The predicted octanol–water partition coefficient (Wildman–Crippen LogP) is 4.61. The third-order valence-corrected chi connectivity index (χ3v) is 4.54. The normalized spacial score (nSPS) is 12.4. The number of hydrogen-bond donors (Lipinski definition) is 1. The van der Waals surface area contributed by atoms with Crippen molar-refractivity contribution in [1.82, 2.24) is 5.32 Å². The summed E-state index contributed by atoms with van der Waals surface area (Å²) in [6, 6.07) is 12.8. The van der Waals surface area contributed by atoms with E-state index in [4.69, 9.17) is 4.74 Å². The lowest BCUT2D eigenvalue weighted by atomic mass is 10.1. The third-order valence-electron chi connectivity index (χ3n) is 2.85. The van der Waals surface area contributed by atoms with Crippen LogP contribution in [0.5, 0.6) is 5.75 Å². The summed E-state index contributed by atoms with van der Waals surface area (Å²) in [7, 11) is 1.99.